The molecule has 0 aromatic heterocycles. The Balaban J connectivity index is 1.90. The number of benzene rings is 1. The van der Waals surface area contributed by atoms with Gasteiger partial charge in [-0.15, -0.1) is 11.8 Å². The van der Waals surface area contributed by atoms with Gasteiger partial charge < -0.3 is 5.11 Å². The Hall–Kier alpha value is -1.00. The van der Waals surface area contributed by atoms with Gasteiger partial charge in [0.15, 0.2) is 0 Å². The maximum Gasteiger partial charge on any atom is 0.303 e. The summed E-state index contributed by atoms with van der Waals surface area (Å²) in [7, 11) is 0. The van der Waals surface area contributed by atoms with E-state index in [-0.39, 0.29) is 0 Å². The predicted molar refractivity (Wildman–Crippen MR) is 83.1 cm³/mol. The summed E-state index contributed by atoms with van der Waals surface area (Å²) < 4.78 is 0. The van der Waals surface area contributed by atoms with Gasteiger partial charge in [0.05, 0.1) is 0 Å². The zero-order valence-electron chi connectivity index (χ0n) is 12.0. The highest BCUT2D eigenvalue weighted by atomic mass is 32.2. The maximum absolute atomic E-state index is 10.7. The quantitative estimate of drug-likeness (QED) is 0.815. The maximum atomic E-state index is 10.7. The minimum atomic E-state index is -0.671. The molecule has 0 bridgehead atoms. The first-order chi connectivity index (χ1) is 9.69. The van der Waals surface area contributed by atoms with Crippen molar-refractivity contribution in [3.8, 4) is 0 Å². The van der Waals surface area contributed by atoms with E-state index in [4.69, 9.17) is 5.11 Å². The van der Waals surface area contributed by atoms with Crippen molar-refractivity contribution in [2.75, 3.05) is 19.3 Å². The van der Waals surface area contributed by atoms with Gasteiger partial charge in [-0.05, 0) is 49.6 Å². The lowest BCUT2D eigenvalue weighted by Gasteiger charge is -2.33. The molecule has 4 heteroatoms. The van der Waals surface area contributed by atoms with E-state index in [1.54, 1.807) is 11.8 Å². The van der Waals surface area contributed by atoms with Crippen LogP contribution in [0.4, 0.5) is 0 Å². The molecule has 1 heterocycles. The number of piperidine rings is 1. The summed E-state index contributed by atoms with van der Waals surface area (Å²) in [5.41, 5.74) is 1.39. The van der Waals surface area contributed by atoms with Gasteiger partial charge in [-0.25, -0.2) is 0 Å². The number of nitrogens with zero attached hydrogens (tertiary/aromatic N) is 1. The molecule has 110 valence electrons. The summed E-state index contributed by atoms with van der Waals surface area (Å²) in [6, 6.07) is 8.56. The molecule has 0 spiro atoms. The van der Waals surface area contributed by atoms with Gasteiger partial charge in [0.1, 0.15) is 0 Å². The summed E-state index contributed by atoms with van der Waals surface area (Å²) in [6.07, 6.45) is 5.60. The summed E-state index contributed by atoms with van der Waals surface area (Å²) in [5, 5.41) is 8.80. The topological polar surface area (TPSA) is 40.5 Å². The second-order valence-corrected chi connectivity index (χ2v) is 6.34. The largest absolute Gasteiger partial charge is 0.481 e. The highest BCUT2D eigenvalue weighted by molar-refractivity contribution is 7.98. The molecule has 1 aliphatic rings. The molecule has 2 rings (SSSR count). The fourth-order valence-corrected chi connectivity index (χ4v) is 3.54. The van der Waals surface area contributed by atoms with Crippen molar-refractivity contribution in [3.63, 3.8) is 0 Å². The average molecular weight is 293 g/mol. The lowest BCUT2D eigenvalue weighted by atomic mass is 9.93. The van der Waals surface area contributed by atoms with Crippen LogP contribution in [0.15, 0.2) is 29.2 Å². The fraction of sp³-hybridized carbons (Fsp3) is 0.562. The molecule has 1 aliphatic heterocycles. The number of aliphatic carboxylic acids is 1. The molecule has 1 aromatic rings. The summed E-state index contributed by atoms with van der Waals surface area (Å²) in [4.78, 5) is 14.5. The Morgan fingerprint density at radius 1 is 1.45 bits per heavy atom. The van der Waals surface area contributed by atoms with E-state index in [1.807, 2.05) is 0 Å². The van der Waals surface area contributed by atoms with Gasteiger partial charge >= 0.3 is 5.97 Å². The van der Waals surface area contributed by atoms with Gasteiger partial charge in [-0.1, -0.05) is 18.2 Å². The van der Waals surface area contributed by atoms with Crippen molar-refractivity contribution >= 4 is 17.7 Å². The molecule has 1 saturated heterocycles. The molecule has 0 amide bonds. The minimum Gasteiger partial charge on any atom is -0.481 e. The van der Waals surface area contributed by atoms with Crippen LogP contribution in [0, 0.1) is 5.92 Å². The van der Waals surface area contributed by atoms with Crippen molar-refractivity contribution in [2.45, 2.75) is 37.1 Å². The van der Waals surface area contributed by atoms with Crippen LogP contribution >= 0.6 is 11.8 Å². The summed E-state index contributed by atoms with van der Waals surface area (Å²) in [5.74, 6) is -0.129. The van der Waals surface area contributed by atoms with E-state index < -0.39 is 5.97 Å². The second kappa shape index (κ2) is 7.70. The van der Waals surface area contributed by atoms with Gasteiger partial charge in [0.25, 0.3) is 0 Å². The first-order valence-electron chi connectivity index (χ1n) is 7.25. The van der Waals surface area contributed by atoms with Gasteiger partial charge in [0.2, 0.25) is 0 Å². The molecule has 0 radical (unpaired) electrons. The van der Waals surface area contributed by atoms with E-state index in [9.17, 15) is 4.79 Å². The molecule has 0 aliphatic carbocycles. The Labute approximate surface area is 125 Å². The lowest BCUT2D eigenvalue weighted by molar-refractivity contribution is -0.137. The van der Waals surface area contributed by atoms with Gasteiger partial charge in [0, 0.05) is 24.4 Å². The molecule has 1 aromatic carbocycles. The van der Waals surface area contributed by atoms with E-state index in [2.05, 4.69) is 35.4 Å². The third kappa shape index (κ3) is 4.53. The van der Waals surface area contributed by atoms with Crippen molar-refractivity contribution in [1.29, 1.82) is 0 Å². The molecular weight excluding hydrogens is 270 g/mol. The number of rotatable bonds is 6. The van der Waals surface area contributed by atoms with Crippen LogP contribution in [-0.4, -0.2) is 35.3 Å². The van der Waals surface area contributed by atoms with Gasteiger partial charge in [-0.3, -0.25) is 9.69 Å². The van der Waals surface area contributed by atoms with Crippen LogP contribution in [0.1, 0.15) is 31.2 Å². The van der Waals surface area contributed by atoms with E-state index >= 15 is 0 Å². The smallest absolute Gasteiger partial charge is 0.303 e. The van der Waals surface area contributed by atoms with E-state index in [0.717, 1.165) is 26.1 Å². The Kier molecular flexibility index (Phi) is 5.92. The third-order valence-corrected chi connectivity index (χ3v) is 4.79. The lowest BCUT2D eigenvalue weighted by Crippen LogP contribution is -2.35. The number of likely N-dealkylation sites (tertiary alicyclic amines) is 1. The van der Waals surface area contributed by atoms with Crippen LogP contribution in [0.3, 0.4) is 0 Å². The summed E-state index contributed by atoms with van der Waals surface area (Å²) >= 11 is 1.79. The van der Waals surface area contributed by atoms with E-state index in [1.165, 1.54) is 23.3 Å². The predicted octanol–water partition coefficient (Wildman–Crippen LogP) is 3.49. The Morgan fingerprint density at radius 3 is 3.00 bits per heavy atom. The van der Waals surface area contributed by atoms with Crippen LogP contribution in [0.2, 0.25) is 0 Å². The monoisotopic (exact) mass is 293 g/mol. The highest BCUT2D eigenvalue weighted by Gasteiger charge is 2.21. The molecule has 1 N–H and O–H groups in total. The standard InChI is InChI=1S/C16H23NO2S/c1-20-15-7-3-2-6-14(15)12-17-10-4-5-13(11-17)8-9-16(18)19/h2-3,6-7,13H,4-5,8-12H2,1H3,(H,18,19)/t13-/m0/s1. The number of thioether (sulfide) groups is 1. The Morgan fingerprint density at radius 2 is 2.25 bits per heavy atom. The second-order valence-electron chi connectivity index (χ2n) is 5.49. The first-order valence-corrected chi connectivity index (χ1v) is 8.47. The first kappa shape index (κ1) is 15.4. The molecule has 3 nitrogen and oxygen atoms in total. The van der Waals surface area contributed by atoms with Crippen molar-refractivity contribution < 1.29 is 9.90 Å². The zero-order chi connectivity index (χ0) is 14.4. The Bertz CT molecular complexity index is 450. The number of hydrogen-bond donors (Lipinski definition) is 1. The molecular formula is C16H23NO2S. The normalized spacial score (nSPS) is 19.9. The van der Waals surface area contributed by atoms with E-state index in [0.29, 0.717) is 12.3 Å². The minimum absolute atomic E-state index is 0.305. The highest BCUT2D eigenvalue weighted by Crippen LogP contribution is 2.25. The van der Waals surface area contributed by atoms with Crippen molar-refractivity contribution in [3.05, 3.63) is 29.8 Å². The molecule has 1 atom stereocenters. The van der Waals surface area contributed by atoms with Crippen LogP contribution < -0.4 is 0 Å². The van der Waals surface area contributed by atoms with Crippen molar-refractivity contribution in [1.82, 2.24) is 4.90 Å². The SMILES string of the molecule is CSc1ccccc1CN1CCC[C@@H](CCC(=O)O)C1. The number of hydrogen-bond acceptors (Lipinski definition) is 3. The molecule has 0 saturated carbocycles. The third-order valence-electron chi connectivity index (χ3n) is 3.96. The average Bonchev–Trinajstić information content (AvgIpc) is 2.46. The van der Waals surface area contributed by atoms with Gasteiger partial charge in [-0.2, -0.15) is 0 Å². The van der Waals surface area contributed by atoms with Crippen LogP contribution in [0.25, 0.3) is 0 Å². The molecule has 1 fully saturated rings. The van der Waals surface area contributed by atoms with Crippen molar-refractivity contribution in [2.24, 2.45) is 5.92 Å². The summed E-state index contributed by atoms with van der Waals surface area (Å²) in [6.45, 7) is 3.16. The number of carbonyl (C=O) groups is 1. The fourth-order valence-electron chi connectivity index (χ4n) is 2.93. The number of carboxylic acid groups (broad SMARTS) is 1. The zero-order valence-corrected chi connectivity index (χ0v) is 12.9. The van der Waals surface area contributed by atoms with Crippen LogP contribution in [0.5, 0.6) is 0 Å². The molecule has 0 unspecified atom stereocenters. The molecule has 20 heavy (non-hydrogen) atoms. The van der Waals surface area contributed by atoms with Crippen LogP contribution in [-0.2, 0) is 11.3 Å². The number of carboxylic acids is 1.